The summed E-state index contributed by atoms with van der Waals surface area (Å²) >= 11 is 10.6. The number of benzene rings is 5. The average Bonchev–Trinajstić information content (AvgIpc) is 0.672. The van der Waals surface area contributed by atoms with Crippen LogP contribution in [-0.2, 0) is 52.5 Å². The third-order valence-corrected chi connectivity index (χ3v) is 18.1. The molecule has 2 bridgehead atoms. The first kappa shape index (κ1) is 66.4. The van der Waals surface area contributed by atoms with E-state index in [4.69, 9.17) is 48.1 Å². The predicted molar refractivity (Wildman–Crippen MR) is 330 cm³/mol. The number of hydrogen-bond acceptors (Lipinski definition) is 18. The Morgan fingerprint density at radius 1 is 0.685 bits per heavy atom. The van der Waals surface area contributed by atoms with Gasteiger partial charge in [-0.05, 0) is 54.8 Å². The molecule has 9 rings (SSSR count). The summed E-state index contributed by atoms with van der Waals surface area (Å²) in [5.74, 6) is -7.80. The van der Waals surface area contributed by atoms with Crippen LogP contribution in [0.4, 0.5) is 0 Å². The van der Waals surface area contributed by atoms with Crippen molar-refractivity contribution in [2.75, 3.05) is 20.7 Å². The molecule has 0 unspecified atom stereocenters. The van der Waals surface area contributed by atoms with Gasteiger partial charge in [0.1, 0.15) is 40.3 Å². The molecule has 4 aliphatic rings. The minimum absolute atomic E-state index is 0.00289. The summed E-state index contributed by atoms with van der Waals surface area (Å²) in [6.07, 6.45) is -10.9. The van der Waals surface area contributed by atoms with Gasteiger partial charge in [0.2, 0.25) is 11.8 Å². The molecule has 468 valence electrons. The zero-order valence-corrected chi connectivity index (χ0v) is 51.9. The van der Waals surface area contributed by atoms with Crippen molar-refractivity contribution in [3.8, 4) is 0 Å². The summed E-state index contributed by atoms with van der Waals surface area (Å²) in [5, 5.41) is 43.1. The van der Waals surface area contributed by atoms with E-state index < -0.39 is 124 Å². The minimum Gasteiger partial charge on any atom is -0.456 e. The van der Waals surface area contributed by atoms with Crippen molar-refractivity contribution in [3.05, 3.63) is 191 Å². The second-order valence-corrected chi connectivity index (χ2v) is 23.8. The Balaban J connectivity index is 0.000000317. The van der Waals surface area contributed by atoms with E-state index in [-0.39, 0.29) is 41.7 Å². The van der Waals surface area contributed by atoms with Crippen LogP contribution in [0.3, 0.4) is 0 Å². The number of fused-ring (bicyclic) bond motifs is 5. The Hall–Kier alpha value is -8.58. The molecule has 1 heterocycles. The highest BCUT2D eigenvalue weighted by atomic mass is 32.1. The minimum atomic E-state index is -2.39. The Bertz CT molecular complexity index is 3460. The fraction of sp³-hybridized carbons (Fsp3) is 0.364. The number of rotatable bonds is 14. The number of amides is 3. The second kappa shape index (κ2) is 27.4. The van der Waals surface area contributed by atoms with Crippen LogP contribution in [0.5, 0.6) is 0 Å². The molecule has 23 heteroatoms. The molecule has 2 saturated carbocycles. The highest BCUT2D eigenvalue weighted by Gasteiger charge is 2.78. The molecule has 0 aromatic heterocycles. The van der Waals surface area contributed by atoms with Gasteiger partial charge < -0.3 is 44.3 Å². The second-order valence-electron chi connectivity index (χ2n) is 23.1. The van der Waals surface area contributed by atoms with E-state index in [9.17, 15) is 48.9 Å². The van der Waals surface area contributed by atoms with Crippen LogP contribution in [0.2, 0.25) is 0 Å². The molecular weight excluding hydrogens is 1180 g/mol. The molecule has 0 radical (unpaired) electrons. The SMILES string of the molecule is CC(=O)O[C@H]1C(=O)[C@@]2(C)[C@H]([C@H](OC(=O)c3ccccc3)[C@]3(O)C[C@H](OC(=O)[C@H](O)[C@@H](NC(=O)c4ccccc4)c4ccccc4)C(C)=C1C3(C)C)[C@]1(OC(C)=O)CO[C@@H]1C[C@@H]2O.CN(NC(=O)CC(=O)NN(C)C(=S)c1ccccc1)C(=S)c1ccccc1. The molecule has 3 amide bonds. The number of hydrogen-bond donors (Lipinski definition) is 6. The fourth-order valence-corrected chi connectivity index (χ4v) is 12.8. The maximum Gasteiger partial charge on any atom is 0.338 e. The van der Waals surface area contributed by atoms with Gasteiger partial charge in [0.05, 0.1) is 35.6 Å². The number of carbonyl (C=O) groups is 8. The van der Waals surface area contributed by atoms with Crippen molar-refractivity contribution in [1.29, 1.82) is 0 Å². The van der Waals surface area contributed by atoms with Gasteiger partial charge in [-0.3, -0.25) is 49.6 Å². The number of thiocarbonyl (C=S) groups is 2. The molecule has 0 spiro atoms. The smallest absolute Gasteiger partial charge is 0.338 e. The van der Waals surface area contributed by atoms with Gasteiger partial charge in [-0.25, -0.2) is 9.59 Å². The first-order valence-corrected chi connectivity index (χ1v) is 29.4. The number of aliphatic hydroxyl groups is 3. The van der Waals surface area contributed by atoms with Gasteiger partial charge in [-0.15, -0.1) is 0 Å². The molecule has 3 fully saturated rings. The maximum atomic E-state index is 15.5. The number of esters is 4. The number of aliphatic hydroxyl groups excluding tert-OH is 2. The van der Waals surface area contributed by atoms with Crippen molar-refractivity contribution >= 4 is 81.8 Å². The van der Waals surface area contributed by atoms with Crippen LogP contribution in [0.25, 0.3) is 0 Å². The Labute approximate surface area is 525 Å². The zero-order valence-electron chi connectivity index (χ0n) is 50.2. The summed E-state index contributed by atoms with van der Waals surface area (Å²) in [5.41, 5.74) is -0.253. The van der Waals surface area contributed by atoms with Crippen LogP contribution in [0.15, 0.2) is 163 Å². The standard InChI is InChI=1S/C47H51NO14.C19H20N4O2S2/c1-25-31(60-43(56)36(52)35(28-16-10-7-11-17-28)48-41(54)29-18-12-8-13-19-29)23-47(57)40(61-42(55)30-20-14-9-15-21-30)38-45(6,32(51)22-33-46(38,24-58-33)62-27(3)50)39(53)37(59-26(2)49)34(25)44(47,4)5;1-22(18(26)14-9-5-3-6-10-14)20-16(24)13-17(25)21-23(2)19(27)15-11-7-4-8-12-15/h7-21,31-33,35-38,40,51-52,57H,22-24H2,1-6H3,(H,48,54);3-12H,13H2,1-2H3,(H,20,24)(H,21,25)/t31-,32-,33+,35-,36+,37+,38-,40-,45+,46-,47+;/m0./s1. The van der Waals surface area contributed by atoms with Crippen LogP contribution in [-0.4, -0.2) is 151 Å². The number of nitrogens with one attached hydrogen (secondary N) is 3. The average molecular weight is 1250 g/mol. The third-order valence-electron chi connectivity index (χ3n) is 17.0. The lowest BCUT2D eigenvalue weighted by molar-refractivity contribution is -0.346. The third kappa shape index (κ3) is 13.7. The summed E-state index contributed by atoms with van der Waals surface area (Å²) in [6.45, 7) is 7.97. The molecule has 1 saturated heterocycles. The number of carbonyl (C=O) groups excluding carboxylic acids is 8. The number of nitrogens with zero attached hydrogens (tertiary/aromatic N) is 2. The van der Waals surface area contributed by atoms with Crippen LogP contribution >= 0.6 is 24.4 Å². The highest BCUT2D eigenvalue weighted by molar-refractivity contribution is 7.80. The summed E-state index contributed by atoms with van der Waals surface area (Å²) in [7, 11) is 3.25. The van der Waals surface area contributed by atoms with E-state index in [2.05, 4.69) is 16.2 Å². The lowest BCUT2D eigenvalue weighted by Gasteiger charge is -2.67. The van der Waals surface area contributed by atoms with Gasteiger partial charge in [0.15, 0.2) is 23.6 Å². The fourth-order valence-electron chi connectivity index (χ4n) is 12.4. The van der Waals surface area contributed by atoms with E-state index in [1.807, 2.05) is 60.7 Å². The first-order valence-electron chi connectivity index (χ1n) is 28.6. The van der Waals surface area contributed by atoms with E-state index in [1.54, 1.807) is 107 Å². The lowest BCUT2D eigenvalue weighted by Crippen LogP contribution is -2.82. The van der Waals surface area contributed by atoms with E-state index >= 15 is 4.79 Å². The first-order chi connectivity index (χ1) is 42.2. The van der Waals surface area contributed by atoms with Gasteiger partial charge >= 0.3 is 23.9 Å². The summed E-state index contributed by atoms with van der Waals surface area (Å²) in [6, 6.07) is 41.5. The molecule has 21 nitrogen and oxygen atoms in total. The van der Waals surface area contributed by atoms with Crippen LogP contribution in [0.1, 0.15) is 104 Å². The molecule has 89 heavy (non-hydrogen) atoms. The Morgan fingerprint density at radius 3 is 1.62 bits per heavy atom. The van der Waals surface area contributed by atoms with Gasteiger partial charge in [0, 0.05) is 62.9 Å². The zero-order chi connectivity index (χ0) is 64.8. The molecular formula is C66H71N5O16S2. The largest absolute Gasteiger partial charge is 0.456 e. The van der Waals surface area contributed by atoms with Crippen molar-refractivity contribution in [2.24, 2.45) is 16.7 Å². The van der Waals surface area contributed by atoms with E-state index in [0.717, 1.165) is 25.0 Å². The van der Waals surface area contributed by atoms with E-state index in [0.29, 0.717) is 15.5 Å². The Morgan fingerprint density at radius 2 is 1.16 bits per heavy atom. The summed E-state index contributed by atoms with van der Waals surface area (Å²) in [4.78, 5) is 109. The quantitative estimate of drug-likeness (QED) is 0.0192. The molecule has 5 aromatic carbocycles. The van der Waals surface area contributed by atoms with Crippen LogP contribution < -0.4 is 16.2 Å². The number of ether oxygens (including phenoxy) is 5. The lowest BCUT2D eigenvalue weighted by atomic mass is 9.44. The van der Waals surface area contributed by atoms with Crippen molar-refractivity contribution < 1.29 is 77.4 Å². The predicted octanol–water partition coefficient (Wildman–Crippen LogP) is 5.79. The van der Waals surface area contributed by atoms with Crippen molar-refractivity contribution in [1.82, 2.24) is 26.2 Å². The van der Waals surface area contributed by atoms with Crippen molar-refractivity contribution in [2.45, 2.75) is 115 Å². The highest BCUT2D eigenvalue weighted by Crippen LogP contribution is 2.64. The monoisotopic (exact) mass is 1250 g/mol. The van der Waals surface area contributed by atoms with Gasteiger partial charge in [0.25, 0.3) is 5.91 Å². The normalized spacial score (nSPS) is 25.2. The number of Topliss-reactive ketones (excluding diaryl/α,β-unsaturated/α-hetero) is 1. The van der Waals surface area contributed by atoms with Crippen molar-refractivity contribution in [3.63, 3.8) is 0 Å². The summed E-state index contributed by atoms with van der Waals surface area (Å²) < 4.78 is 30.3. The topological polar surface area (TPSA) is 286 Å². The van der Waals surface area contributed by atoms with Gasteiger partial charge in [-0.1, -0.05) is 166 Å². The molecule has 3 aliphatic carbocycles. The molecule has 1 aliphatic heterocycles. The van der Waals surface area contributed by atoms with Gasteiger partial charge in [-0.2, -0.15) is 0 Å². The number of ketones is 1. The Kier molecular flexibility index (Phi) is 20.5. The molecule has 6 N–H and O–H groups in total. The maximum absolute atomic E-state index is 15.5. The molecule has 5 aromatic rings. The number of hydrazine groups is 2. The van der Waals surface area contributed by atoms with E-state index in [1.165, 1.54) is 36.0 Å². The van der Waals surface area contributed by atoms with Crippen LogP contribution in [0, 0.1) is 16.7 Å². The molecule has 11 atom stereocenters.